The summed E-state index contributed by atoms with van der Waals surface area (Å²) in [4.78, 5) is 0. The fourth-order valence-corrected chi connectivity index (χ4v) is 3.30. The first kappa shape index (κ1) is 16.4. The van der Waals surface area contributed by atoms with Crippen LogP contribution in [-0.4, -0.2) is 23.9 Å². The Labute approximate surface area is 125 Å². The summed E-state index contributed by atoms with van der Waals surface area (Å²) in [5.74, 6) is -0.877. The Kier molecular flexibility index (Phi) is 6.12. The van der Waals surface area contributed by atoms with Gasteiger partial charge in [0.05, 0.1) is 12.2 Å². The van der Waals surface area contributed by atoms with Crippen LogP contribution in [0.4, 0.5) is 8.78 Å². The van der Waals surface area contributed by atoms with Crippen molar-refractivity contribution in [2.24, 2.45) is 5.92 Å². The third kappa shape index (κ3) is 4.75. The van der Waals surface area contributed by atoms with Crippen molar-refractivity contribution in [1.29, 1.82) is 0 Å². The highest BCUT2D eigenvalue weighted by molar-refractivity contribution is 5.19. The maximum atomic E-state index is 13.2. The van der Waals surface area contributed by atoms with Gasteiger partial charge >= 0.3 is 0 Å². The molecule has 4 heteroatoms. The van der Waals surface area contributed by atoms with Gasteiger partial charge in [-0.25, -0.2) is 8.78 Å². The number of aliphatic hydroxyl groups is 1. The number of benzene rings is 1. The Morgan fingerprint density at radius 2 is 1.76 bits per heavy atom. The largest absolute Gasteiger partial charge is 0.390 e. The molecule has 2 nitrogen and oxygen atoms in total. The molecule has 1 aliphatic carbocycles. The molecule has 0 saturated heterocycles. The van der Waals surface area contributed by atoms with E-state index in [-0.39, 0.29) is 12.5 Å². The minimum absolute atomic E-state index is 0.218. The van der Waals surface area contributed by atoms with Crippen molar-refractivity contribution in [3.8, 4) is 0 Å². The molecule has 2 unspecified atom stereocenters. The van der Waals surface area contributed by atoms with E-state index in [1.807, 2.05) is 6.92 Å². The zero-order valence-corrected chi connectivity index (χ0v) is 12.5. The highest BCUT2D eigenvalue weighted by atomic mass is 19.1. The van der Waals surface area contributed by atoms with Gasteiger partial charge < -0.3 is 9.84 Å². The summed E-state index contributed by atoms with van der Waals surface area (Å²) in [5, 5.41) is 10.5. The molecule has 0 amide bonds. The summed E-state index contributed by atoms with van der Waals surface area (Å²) in [6.07, 6.45) is 4.91. The van der Waals surface area contributed by atoms with Crippen LogP contribution in [0.2, 0.25) is 0 Å². The van der Waals surface area contributed by atoms with Crippen LogP contribution in [0, 0.1) is 17.6 Å². The number of aliphatic hydroxyl groups excluding tert-OH is 1. The van der Waals surface area contributed by atoms with Crippen LogP contribution in [0.5, 0.6) is 0 Å². The Hall–Kier alpha value is -1.00. The standard InChI is InChI=1S/C17H24F2O2/c1-2-21-17(13-6-4-3-5-7-13)16(20)10-12-8-14(18)11-15(19)9-12/h8-9,11,13,16-17,20H,2-7,10H2,1H3. The van der Waals surface area contributed by atoms with Crippen LogP contribution < -0.4 is 0 Å². The van der Waals surface area contributed by atoms with Crippen LogP contribution in [0.15, 0.2) is 18.2 Å². The van der Waals surface area contributed by atoms with Crippen LogP contribution >= 0.6 is 0 Å². The normalized spacial score (nSPS) is 19.4. The third-order valence-electron chi connectivity index (χ3n) is 4.22. The lowest BCUT2D eigenvalue weighted by atomic mass is 9.82. The minimum atomic E-state index is -0.728. The van der Waals surface area contributed by atoms with Gasteiger partial charge in [-0.15, -0.1) is 0 Å². The van der Waals surface area contributed by atoms with Crippen molar-refractivity contribution < 1.29 is 18.6 Å². The topological polar surface area (TPSA) is 29.5 Å². The summed E-state index contributed by atoms with van der Waals surface area (Å²) in [6.45, 7) is 2.44. The van der Waals surface area contributed by atoms with E-state index in [9.17, 15) is 13.9 Å². The minimum Gasteiger partial charge on any atom is -0.390 e. The fourth-order valence-electron chi connectivity index (χ4n) is 3.30. The van der Waals surface area contributed by atoms with Crippen LogP contribution in [0.25, 0.3) is 0 Å². The maximum absolute atomic E-state index is 13.2. The Balaban J connectivity index is 2.04. The second-order valence-corrected chi connectivity index (χ2v) is 5.87. The van der Waals surface area contributed by atoms with Crippen molar-refractivity contribution in [1.82, 2.24) is 0 Å². The van der Waals surface area contributed by atoms with Crippen molar-refractivity contribution in [3.63, 3.8) is 0 Å². The first-order chi connectivity index (χ1) is 10.1. The van der Waals surface area contributed by atoms with E-state index < -0.39 is 17.7 Å². The quantitative estimate of drug-likeness (QED) is 0.864. The molecule has 0 heterocycles. The van der Waals surface area contributed by atoms with Gasteiger partial charge in [0.25, 0.3) is 0 Å². The molecule has 1 aromatic carbocycles. The predicted molar refractivity (Wildman–Crippen MR) is 78.1 cm³/mol. The number of hydrogen-bond acceptors (Lipinski definition) is 2. The maximum Gasteiger partial charge on any atom is 0.126 e. The molecule has 1 aromatic rings. The average molecular weight is 298 g/mol. The molecule has 0 bridgehead atoms. The van der Waals surface area contributed by atoms with E-state index in [4.69, 9.17) is 4.74 Å². The monoisotopic (exact) mass is 298 g/mol. The molecule has 2 atom stereocenters. The smallest absolute Gasteiger partial charge is 0.126 e. The second-order valence-electron chi connectivity index (χ2n) is 5.87. The number of hydrogen-bond donors (Lipinski definition) is 1. The van der Waals surface area contributed by atoms with Gasteiger partial charge in [0.1, 0.15) is 11.6 Å². The third-order valence-corrected chi connectivity index (χ3v) is 4.22. The molecular formula is C17H24F2O2. The summed E-state index contributed by atoms with van der Waals surface area (Å²) in [5.41, 5.74) is 0.473. The van der Waals surface area contributed by atoms with E-state index in [0.29, 0.717) is 18.1 Å². The second kappa shape index (κ2) is 7.85. The molecule has 1 saturated carbocycles. The highest BCUT2D eigenvalue weighted by Crippen LogP contribution is 2.30. The van der Waals surface area contributed by atoms with E-state index in [1.165, 1.54) is 18.6 Å². The lowest BCUT2D eigenvalue weighted by Gasteiger charge is -2.33. The lowest BCUT2D eigenvalue weighted by Crippen LogP contribution is -2.38. The van der Waals surface area contributed by atoms with E-state index in [1.54, 1.807) is 0 Å². The SMILES string of the molecule is CCOC(C(O)Cc1cc(F)cc(F)c1)C1CCCCC1. The van der Waals surface area contributed by atoms with Crippen molar-refractivity contribution in [2.45, 2.75) is 57.7 Å². The molecule has 0 aromatic heterocycles. The molecule has 1 fully saturated rings. The van der Waals surface area contributed by atoms with Gasteiger partial charge in [-0.2, -0.15) is 0 Å². The van der Waals surface area contributed by atoms with Gasteiger partial charge in [-0.3, -0.25) is 0 Å². The Morgan fingerprint density at radius 1 is 1.14 bits per heavy atom. The number of halogens is 2. The van der Waals surface area contributed by atoms with Crippen LogP contribution in [0.1, 0.15) is 44.6 Å². The van der Waals surface area contributed by atoms with Gasteiger partial charge in [0.15, 0.2) is 0 Å². The molecule has 0 spiro atoms. The van der Waals surface area contributed by atoms with Crippen LogP contribution in [0.3, 0.4) is 0 Å². The number of ether oxygens (including phenoxy) is 1. The summed E-state index contributed by atoms with van der Waals surface area (Å²) >= 11 is 0. The van der Waals surface area contributed by atoms with Gasteiger partial charge in [0, 0.05) is 19.1 Å². The van der Waals surface area contributed by atoms with Crippen molar-refractivity contribution >= 4 is 0 Å². The Bertz CT molecular complexity index is 424. The summed E-state index contributed by atoms with van der Waals surface area (Å²) in [7, 11) is 0. The molecule has 1 N–H and O–H groups in total. The molecule has 0 aliphatic heterocycles. The number of rotatable bonds is 6. The van der Waals surface area contributed by atoms with Gasteiger partial charge in [-0.05, 0) is 43.4 Å². The molecule has 21 heavy (non-hydrogen) atoms. The molecule has 1 aliphatic rings. The Morgan fingerprint density at radius 3 is 2.33 bits per heavy atom. The summed E-state index contributed by atoms with van der Waals surface area (Å²) in [6, 6.07) is 3.39. The zero-order chi connectivity index (χ0) is 15.2. The predicted octanol–water partition coefficient (Wildman–Crippen LogP) is 3.85. The van der Waals surface area contributed by atoms with Crippen molar-refractivity contribution in [2.75, 3.05) is 6.61 Å². The molecular weight excluding hydrogens is 274 g/mol. The molecule has 0 radical (unpaired) electrons. The van der Waals surface area contributed by atoms with E-state index >= 15 is 0 Å². The summed E-state index contributed by atoms with van der Waals surface area (Å²) < 4.78 is 32.2. The van der Waals surface area contributed by atoms with Crippen LogP contribution in [-0.2, 0) is 11.2 Å². The zero-order valence-electron chi connectivity index (χ0n) is 12.5. The lowest BCUT2D eigenvalue weighted by molar-refractivity contribution is -0.0715. The van der Waals surface area contributed by atoms with E-state index in [0.717, 1.165) is 31.7 Å². The fraction of sp³-hybridized carbons (Fsp3) is 0.647. The van der Waals surface area contributed by atoms with Crippen molar-refractivity contribution in [3.05, 3.63) is 35.4 Å². The molecule has 118 valence electrons. The first-order valence-electron chi connectivity index (χ1n) is 7.84. The highest BCUT2D eigenvalue weighted by Gasteiger charge is 2.30. The average Bonchev–Trinajstić information content (AvgIpc) is 2.44. The van der Waals surface area contributed by atoms with Gasteiger partial charge in [0.2, 0.25) is 0 Å². The first-order valence-corrected chi connectivity index (χ1v) is 7.84. The van der Waals surface area contributed by atoms with Gasteiger partial charge in [-0.1, -0.05) is 19.3 Å². The molecule has 2 rings (SSSR count). The van der Waals surface area contributed by atoms with E-state index in [2.05, 4.69) is 0 Å².